The first kappa shape index (κ1) is 14.4. The quantitative estimate of drug-likeness (QED) is 0.757. The van der Waals surface area contributed by atoms with Crippen LogP contribution in [0.25, 0.3) is 0 Å². The molecule has 0 aliphatic carbocycles. The van der Waals surface area contributed by atoms with E-state index in [9.17, 15) is 4.39 Å². The van der Waals surface area contributed by atoms with Crippen molar-refractivity contribution in [2.45, 2.75) is 19.4 Å². The zero-order valence-electron chi connectivity index (χ0n) is 10.5. The molecule has 0 saturated carbocycles. The molecule has 1 aromatic rings. The summed E-state index contributed by atoms with van der Waals surface area (Å²) in [6, 6.07) is 4.90. The summed E-state index contributed by atoms with van der Waals surface area (Å²) < 4.78 is 13.0. The predicted molar refractivity (Wildman–Crippen MR) is 70.9 cm³/mol. The van der Waals surface area contributed by atoms with Crippen LogP contribution in [-0.2, 0) is 6.54 Å². The maximum absolute atomic E-state index is 13.0. The first-order valence-electron chi connectivity index (χ1n) is 5.90. The number of nitrogens with one attached hydrogen (secondary N) is 1. The smallest absolute Gasteiger partial charge is 0.141 e. The third-order valence-electron chi connectivity index (χ3n) is 2.65. The molecule has 0 saturated heterocycles. The molecule has 0 aliphatic rings. The zero-order chi connectivity index (χ0) is 12.7. The first-order chi connectivity index (χ1) is 8.13. The lowest BCUT2D eigenvalue weighted by Gasteiger charge is -2.16. The van der Waals surface area contributed by atoms with Crippen LogP contribution in [0.2, 0.25) is 5.02 Å². The van der Waals surface area contributed by atoms with Crippen molar-refractivity contribution in [3.8, 4) is 0 Å². The SMILES string of the molecule is CNCCCCN(C)Cc1ccc(F)c(Cl)c1. The molecule has 1 rings (SSSR count). The minimum atomic E-state index is -0.355. The Hall–Kier alpha value is -0.640. The fraction of sp³-hybridized carbons (Fsp3) is 0.538. The van der Waals surface area contributed by atoms with Crippen LogP contribution < -0.4 is 5.32 Å². The number of hydrogen-bond acceptors (Lipinski definition) is 2. The summed E-state index contributed by atoms with van der Waals surface area (Å²) in [4.78, 5) is 2.22. The molecule has 0 aromatic heterocycles. The van der Waals surface area contributed by atoms with E-state index < -0.39 is 0 Å². The van der Waals surface area contributed by atoms with Gasteiger partial charge in [0.2, 0.25) is 0 Å². The number of hydrogen-bond donors (Lipinski definition) is 1. The van der Waals surface area contributed by atoms with Crippen molar-refractivity contribution in [2.75, 3.05) is 27.2 Å². The minimum Gasteiger partial charge on any atom is -0.320 e. The Labute approximate surface area is 108 Å². The maximum Gasteiger partial charge on any atom is 0.141 e. The van der Waals surface area contributed by atoms with Crippen LogP contribution in [0.1, 0.15) is 18.4 Å². The van der Waals surface area contributed by atoms with Crippen molar-refractivity contribution in [2.24, 2.45) is 0 Å². The Balaban J connectivity index is 2.34. The van der Waals surface area contributed by atoms with E-state index in [1.165, 1.54) is 12.5 Å². The normalized spacial score (nSPS) is 11.1. The van der Waals surface area contributed by atoms with Gasteiger partial charge >= 0.3 is 0 Å². The van der Waals surface area contributed by atoms with Crippen LogP contribution in [0, 0.1) is 5.82 Å². The summed E-state index contributed by atoms with van der Waals surface area (Å²) in [6.07, 6.45) is 2.33. The lowest BCUT2D eigenvalue weighted by molar-refractivity contribution is 0.318. The molecule has 0 amide bonds. The van der Waals surface area contributed by atoms with Crippen molar-refractivity contribution in [1.29, 1.82) is 0 Å². The Morgan fingerprint density at radius 2 is 2.12 bits per heavy atom. The molecule has 0 atom stereocenters. The molecule has 0 aliphatic heterocycles. The molecule has 96 valence electrons. The van der Waals surface area contributed by atoms with Gasteiger partial charge < -0.3 is 10.2 Å². The predicted octanol–water partition coefficient (Wildman–Crippen LogP) is 2.91. The van der Waals surface area contributed by atoms with Crippen molar-refractivity contribution < 1.29 is 4.39 Å². The average Bonchev–Trinajstić information content (AvgIpc) is 2.30. The van der Waals surface area contributed by atoms with Gasteiger partial charge in [-0.25, -0.2) is 4.39 Å². The summed E-state index contributed by atoms with van der Waals surface area (Å²) in [6.45, 7) is 2.90. The number of nitrogens with zero attached hydrogens (tertiary/aromatic N) is 1. The minimum absolute atomic E-state index is 0.200. The van der Waals surface area contributed by atoms with Crippen LogP contribution in [-0.4, -0.2) is 32.1 Å². The second-order valence-electron chi connectivity index (χ2n) is 4.30. The lowest BCUT2D eigenvalue weighted by atomic mass is 10.2. The van der Waals surface area contributed by atoms with Gasteiger partial charge in [-0.15, -0.1) is 0 Å². The molecule has 0 bridgehead atoms. The third kappa shape index (κ3) is 5.48. The molecule has 0 spiro atoms. The van der Waals surface area contributed by atoms with Gasteiger partial charge in [0.25, 0.3) is 0 Å². The second kappa shape index (κ2) is 7.64. The molecule has 1 N–H and O–H groups in total. The zero-order valence-corrected chi connectivity index (χ0v) is 11.2. The second-order valence-corrected chi connectivity index (χ2v) is 4.70. The van der Waals surface area contributed by atoms with Crippen molar-refractivity contribution in [1.82, 2.24) is 10.2 Å². The van der Waals surface area contributed by atoms with Crippen LogP contribution in [0.15, 0.2) is 18.2 Å². The van der Waals surface area contributed by atoms with Gasteiger partial charge in [-0.1, -0.05) is 17.7 Å². The maximum atomic E-state index is 13.0. The molecular formula is C13H20ClFN2. The van der Waals surface area contributed by atoms with Crippen LogP contribution >= 0.6 is 11.6 Å². The summed E-state index contributed by atoms with van der Waals surface area (Å²) in [5.41, 5.74) is 1.05. The summed E-state index contributed by atoms with van der Waals surface area (Å²) >= 11 is 5.74. The van der Waals surface area contributed by atoms with Gasteiger partial charge in [-0.3, -0.25) is 0 Å². The molecule has 4 heteroatoms. The van der Waals surface area contributed by atoms with Crippen molar-refractivity contribution >= 4 is 11.6 Å². The highest BCUT2D eigenvalue weighted by atomic mass is 35.5. The summed E-state index contributed by atoms with van der Waals surface area (Å²) in [5.74, 6) is -0.355. The molecule has 2 nitrogen and oxygen atoms in total. The number of rotatable bonds is 7. The fourth-order valence-electron chi connectivity index (χ4n) is 1.71. The molecule has 0 heterocycles. The van der Waals surface area contributed by atoms with E-state index in [4.69, 9.17) is 11.6 Å². The van der Waals surface area contributed by atoms with Crippen molar-refractivity contribution in [3.05, 3.63) is 34.6 Å². The first-order valence-corrected chi connectivity index (χ1v) is 6.28. The van der Waals surface area contributed by atoms with E-state index in [2.05, 4.69) is 17.3 Å². The van der Waals surface area contributed by atoms with Gasteiger partial charge in [0.15, 0.2) is 0 Å². The summed E-state index contributed by atoms with van der Waals surface area (Å²) in [7, 11) is 4.03. The van der Waals surface area contributed by atoms with E-state index in [0.717, 1.165) is 31.6 Å². The lowest BCUT2D eigenvalue weighted by Crippen LogP contribution is -2.20. The van der Waals surface area contributed by atoms with Crippen LogP contribution in [0.4, 0.5) is 4.39 Å². The third-order valence-corrected chi connectivity index (χ3v) is 2.94. The average molecular weight is 259 g/mol. The van der Waals surface area contributed by atoms with Gasteiger partial charge in [0.1, 0.15) is 5.82 Å². The highest BCUT2D eigenvalue weighted by Crippen LogP contribution is 2.16. The molecule has 17 heavy (non-hydrogen) atoms. The monoisotopic (exact) mass is 258 g/mol. The number of halogens is 2. The molecule has 0 fully saturated rings. The highest BCUT2D eigenvalue weighted by molar-refractivity contribution is 6.30. The number of benzene rings is 1. The Morgan fingerprint density at radius 1 is 1.35 bits per heavy atom. The van der Waals surface area contributed by atoms with E-state index in [-0.39, 0.29) is 10.8 Å². The topological polar surface area (TPSA) is 15.3 Å². The van der Waals surface area contributed by atoms with Crippen LogP contribution in [0.5, 0.6) is 0 Å². The van der Waals surface area contributed by atoms with Gasteiger partial charge in [0.05, 0.1) is 5.02 Å². The van der Waals surface area contributed by atoms with Gasteiger partial charge in [0, 0.05) is 6.54 Å². The highest BCUT2D eigenvalue weighted by Gasteiger charge is 2.03. The van der Waals surface area contributed by atoms with Gasteiger partial charge in [-0.2, -0.15) is 0 Å². The standard InChI is InChI=1S/C13H20ClFN2/c1-16-7-3-4-8-17(2)10-11-5-6-13(15)12(14)9-11/h5-6,9,16H,3-4,7-8,10H2,1-2H3. The molecule has 0 unspecified atom stereocenters. The molecule has 0 radical (unpaired) electrons. The van der Waals surface area contributed by atoms with E-state index in [1.807, 2.05) is 7.05 Å². The van der Waals surface area contributed by atoms with E-state index in [0.29, 0.717) is 0 Å². The van der Waals surface area contributed by atoms with Crippen molar-refractivity contribution in [3.63, 3.8) is 0 Å². The van der Waals surface area contributed by atoms with Gasteiger partial charge in [-0.05, 0) is 57.7 Å². The van der Waals surface area contributed by atoms with Crippen LogP contribution in [0.3, 0.4) is 0 Å². The number of unbranched alkanes of at least 4 members (excludes halogenated alkanes) is 1. The largest absolute Gasteiger partial charge is 0.320 e. The molecular weight excluding hydrogens is 239 g/mol. The Kier molecular flexibility index (Phi) is 6.48. The van der Waals surface area contributed by atoms with E-state index >= 15 is 0 Å². The fourth-order valence-corrected chi connectivity index (χ4v) is 1.92. The Morgan fingerprint density at radius 3 is 2.76 bits per heavy atom. The molecule has 1 aromatic carbocycles. The van der Waals surface area contributed by atoms with E-state index in [1.54, 1.807) is 12.1 Å². The summed E-state index contributed by atoms with van der Waals surface area (Å²) in [5, 5.41) is 3.33. The Bertz CT molecular complexity index is 344.